The van der Waals surface area contributed by atoms with E-state index in [2.05, 4.69) is 0 Å². The molecule has 6 heteroatoms. The Morgan fingerprint density at radius 3 is 2.16 bits per heavy atom. The summed E-state index contributed by atoms with van der Waals surface area (Å²) >= 11 is 17.8. The maximum absolute atomic E-state index is 13.6. The van der Waals surface area contributed by atoms with Gasteiger partial charge in [0.25, 0.3) is 6.43 Å². The zero-order chi connectivity index (χ0) is 14.2. The minimum Gasteiger partial charge on any atom is -0.206 e. The van der Waals surface area contributed by atoms with Gasteiger partial charge < -0.3 is 0 Å². The standard InChI is InChI=1S/C13H6Cl3F3/c14-7-4-5-8(15)12(16)10(7)6-2-1-3-9(17)11(6)13(18)19/h1-5,13H. The van der Waals surface area contributed by atoms with Crippen LogP contribution in [0.1, 0.15) is 12.0 Å². The van der Waals surface area contributed by atoms with Crippen molar-refractivity contribution in [2.24, 2.45) is 0 Å². The molecule has 2 rings (SSSR count). The van der Waals surface area contributed by atoms with E-state index in [-0.39, 0.29) is 26.2 Å². The summed E-state index contributed by atoms with van der Waals surface area (Å²) in [6.45, 7) is 0. The fourth-order valence-electron chi connectivity index (χ4n) is 1.75. The monoisotopic (exact) mass is 324 g/mol. The summed E-state index contributed by atoms with van der Waals surface area (Å²) in [4.78, 5) is 0. The molecule has 0 radical (unpaired) electrons. The number of halogens is 6. The molecule has 0 aliphatic heterocycles. The summed E-state index contributed by atoms with van der Waals surface area (Å²) in [6, 6.07) is 6.46. The molecule has 0 amide bonds. The second-order valence-corrected chi connectivity index (χ2v) is 4.91. The van der Waals surface area contributed by atoms with Crippen molar-refractivity contribution in [2.45, 2.75) is 6.43 Å². The van der Waals surface area contributed by atoms with Crippen LogP contribution in [0.15, 0.2) is 30.3 Å². The molecule has 2 aromatic rings. The van der Waals surface area contributed by atoms with Gasteiger partial charge in [-0.05, 0) is 23.8 Å². The number of hydrogen-bond donors (Lipinski definition) is 0. The van der Waals surface area contributed by atoms with E-state index >= 15 is 0 Å². The molecule has 0 fully saturated rings. The smallest absolute Gasteiger partial charge is 0.206 e. The number of alkyl halides is 2. The molecular formula is C13H6Cl3F3. The van der Waals surface area contributed by atoms with Crippen molar-refractivity contribution in [2.75, 3.05) is 0 Å². The lowest BCUT2D eigenvalue weighted by atomic mass is 9.99. The zero-order valence-corrected chi connectivity index (χ0v) is 11.5. The Morgan fingerprint density at radius 2 is 1.53 bits per heavy atom. The van der Waals surface area contributed by atoms with Crippen molar-refractivity contribution in [1.82, 2.24) is 0 Å². The third kappa shape index (κ3) is 2.69. The summed E-state index contributed by atoms with van der Waals surface area (Å²) in [6.07, 6.45) is -2.98. The first-order valence-corrected chi connectivity index (χ1v) is 6.27. The highest BCUT2D eigenvalue weighted by atomic mass is 35.5. The highest BCUT2D eigenvalue weighted by Crippen LogP contribution is 2.43. The van der Waals surface area contributed by atoms with Gasteiger partial charge in [-0.15, -0.1) is 0 Å². The first-order valence-electron chi connectivity index (χ1n) is 5.14. The van der Waals surface area contributed by atoms with E-state index in [1.54, 1.807) is 0 Å². The molecule has 0 unspecified atom stereocenters. The largest absolute Gasteiger partial charge is 0.267 e. The quantitative estimate of drug-likeness (QED) is 0.561. The highest BCUT2D eigenvalue weighted by Gasteiger charge is 2.22. The van der Waals surface area contributed by atoms with Crippen LogP contribution < -0.4 is 0 Å². The lowest BCUT2D eigenvalue weighted by Gasteiger charge is -2.13. The molecule has 0 bridgehead atoms. The molecule has 0 aliphatic rings. The van der Waals surface area contributed by atoms with Crippen LogP contribution in [-0.4, -0.2) is 0 Å². The predicted molar refractivity (Wildman–Crippen MR) is 71.8 cm³/mol. The van der Waals surface area contributed by atoms with Crippen molar-refractivity contribution in [3.63, 3.8) is 0 Å². The molecule has 0 aromatic heterocycles. The van der Waals surface area contributed by atoms with E-state index in [9.17, 15) is 13.2 Å². The molecule has 0 nitrogen and oxygen atoms in total. The number of benzene rings is 2. The van der Waals surface area contributed by atoms with Crippen LogP contribution in [0, 0.1) is 5.82 Å². The van der Waals surface area contributed by atoms with E-state index in [1.165, 1.54) is 24.3 Å². The molecule has 0 N–H and O–H groups in total. The third-order valence-corrected chi connectivity index (χ3v) is 3.70. The molecule has 0 spiro atoms. The van der Waals surface area contributed by atoms with Crippen molar-refractivity contribution in [3.8, 4) is 11.1 Å². The fraction of sp³-hybridized carbons (Fsp3) is 0.0769. The molecule has 100 valence electrons. The van der Waals surface area contributed by atoms with E-state index < -0.39 is 17.8 Å². The molecule has 0 heterocycles. The lowest BCUT2D eigenvalue weighted by Crippen LogP contribution is -1.96. The molecular weight excluding hydrogens is 319 g/mol. The Balaban J connectivity index is 2.80. The van der Waals surface area contributed by atoms with E-state index in [1.807, 2.05) is 0 Å². The van der Waals surface area contributed by atoms with Crippen molar-refractivity contribution in [3.05, 3.63) is 56.8 Å². The molecule has 0 atom stereocenters. The lowest BCUT2D eigenvalue weighted by molar-refractivity contribution is 0.147. The van der Waals surface area contributed by atoms with Crippen LogP contribution >= 0.6 is 34.8 Å². The van der Waals surface area contributed by atoms with Gasteiger partial charge in [0.15, 0.2) is 0 Å². The van der Waals surface area contributed by atoms with Gasteiger partial charge in [0.2, 0.25) is 0 Å². The summed E-state index contributed by atoms with van der Waals surface area (Å²) in [5.74, 6) is -1.01. The second-order valence-electron chi connectivity index (χ2n) is 3.72. The normalized spacial score (nSPS) is 11.1. The number of hydrogen-bond acceptors (Lipinski definition) is 0. The van der Waals surface area contributed by atoms with Crippen LogP contribution in [0.25, 0.3) is 11.1 Å². The Kier molecular flexibility index (Phi) is 4.29. The van der Waals surface area contributed by atoms with Gasteiger partial charge in [-0.25, -0.2) is 13.2 Å². The average Bonchev–Trinajstić information content (AvgIpc) is 2.34. The van der Waals surface area contributed by atoms with Crippen molar-refractivity contribution < 1.29 is 13.2 Å². The predicted octanol–water partition coefficient (Wildman–Crippen LogP) is 6.39. The second kappa shape index (κ2) is 5.61. The van der Waals surface area contributed by atoms with Gasteiger partial charge in [-0.3, -0.25) is 0 Å². The molecule has 0 aliphatic carbocycles. The summed E-state index contributed by atoms with van der Waals surface area (Å²) < 4.78 is 39.5. The fourth-order valence-corrected chi connectivity index (χ4v) is 2.48. The van der Waals surface area contributed by atoms with Gasteiger partial charge in [-0.1, -0.05) is 46.9 Å². The summed E-state index contributed by atoms with van der Waals surface area (Å²) in [5, 5.41) is 0.300. The number of rotatable bonds is 2. The van der Waals surface area contributed by atoms with Gasteiger partial charge in [0, 0.05) is 5.56 Å². The van der Waals surface area contributed by atoms with Crippen LogP contribution in [0.4, 0.5) is 13.2 Å². The van der Waals surface area contributed by atoms with E-state index in [0.717, 1.165) is 6.07 Å². The Hall–Kier alpha value is -0.900. The third-order valence-electron chi connectivity index (χ3n) is 2.58. The molecule has 0 saturated carbocycles. The van der Waals surface area contributed by atoms with Crippen LogP contribution in [0.5, 0.6) is 0 Å². The topological polar surface area (TPSA) is 0 Å². The first-order chi connectivity index (χ1) is 8.93. The van der Waals surface area contributed by atoms with Crippen LogP contribution in [-0.2, 0) is 0 Å². The van der Waals surface area contributed by atoms with Gasteiger partial charge in [0.1, 0.15) is 5.82 Å². The van der Waals surface area contributed by atoms with Gasteiger partial charge in [0.05, 0.1) is 20.6 Å². The van der Waals surface area contributed by atoms with Crippen molar-refractivity contribution in [1.29, 1.82) is 0 Å². The van der Waals surface area contributed by atoms with E-state index in [0.29, 0.717) is 0 Å². The van der Waals surface area contributed by atoms with Gasteiger partial charge >= 0.3 is 0 Å². The Bertz CT molecular complexity index is 627. The average molecular weight is 326 g/mol. The molecule has 0 saturated heterocycles. The Labute approximate surface area is 122 Å². The van der Waals surface area contributed by atoms with E-state index in [4.69, 9.17) is 34.8 Å². The zero-order valence-electron chi connectivity index (χ0n) is 9.23. The highest BCUT2D eigenvalue weighted by molar-refractivity contribution is 6.46. The first kappa shape index (κ1) is 14.5. The van der Waals surface area contributed by atoms with Gasteiger partial charge in [-0.2, -0.15) is 0 Å². The van der Waals surface area contributed by atoms with Crippen molar-refractivity contribution >= 4 is 34.8 Å². The summed E-state index contributed by atoms with van der Waals surface area (Å²) in [5.41, 5.74) is -0.702. The minimum absolute atomic E-state index is 0.0154. The molecule has 19 heavy (non-hydrogen) atoms. The summed E-state index contributed by atoms with van der Waals surface area (Å²) in [7, 11) is 0. The maximum Gasteiger partial charge on any atom is 0.267 e. The Morgan fingerprint density at radius 1 is 0.895 bits per heavy atom. The van der Waals surface area contributed by atoms with Crippen LogP contribution in [0.3, 0.4) is 0 Å². The molecule has 2 aromatic carbocycles. The minimum atomic E-state index is -2.98. The SMILES string of the molecule is Fc1cccc(-c2c(Cl)ccc(Cl)c2Cl)c1C(F)F. The van der Waals surface area contributed by atoms with Crippen LogP contribution in [0.2, 0.25) is 15.1 Å². The maximum atomic E-state index is 13.6.